The number of pyridine rings is 1. The second-order valence-electron chi connectivity index (χ2n) is 16.6. The van der Waals surface area contributed by atoms with E-state index < -0.39 is 35.2 Å². The highest BCUT2D eigenvalue weighted by molar-refractivity contribution is 6.03. The Hall–Kier alpha value is -4.81. The predicted octanol–water partition coefficient (Wildman–Crippen LogP) is 7.53. The molecule has 15 heteroatoms. The van der Waals surface area contributed by atoms with Crippen LogP contribution in [0, 0.1) is 24.0 Å². The molecular formula is C41H41F5N6O4. The Morgan fingerprint density at radius 3 is 2.61 bits per heavy atom. The molecule has 9 rings (SSSR count). The summed E-state index contributed by atoms with van der Waals surface area (Å²) in [5, 5.41) is 1.36. The van der Waals surface area contributed by atoms with Crippen molar-refractivity contribution in [3.8, 4) is 29.6 Å². The van der Waals surface area contributed by atoms with Crippen LogP contribution in [0.15, 0.2) is 30.3 Å². The summed E-state index contributed by atoms with van der Waals surface area (Å²) in [4.78, 5) is 34.0. The third-order valence-corrected chi connectivity index (χ3v) is 12.1. The fraction of sp³-hybridized carbons (Fsp3) is 0.512. The number of alkyl halides is 3. The highest BCUT2D eigenvalue weighted by Gasteiger charge is 2.53. The molecule has 4 fully saturated rings. The summed E-state index contributed by atoms with van der Waals surface area (Å²) >= 11 is 0. The number of fused-ring (bicyclic) bond motifs is 7. The lowest BCUT2D eigenvalue weighted by atomic mass is 9.94. The second-order valence-corrected chi connectivity index (χ2v) is 16.6. The predicted molar refractivity (Wildman–Crippen MR) is 197 cm³/mol. The number of hydrogen-bond donors (Lipinski definition) is 0. The normalized spacial score (nSPS) is 26.0. The number of aromatic nitrogens is 3. The summed E-state index contributed by atoms with van der Waals surface area (Å²) in [6.45, 7) is 6.57. The Morgan fingerprint density at radius 1 is 1.02 bits per heavy atom. The van der Waals surface area contributed by atoms with E-state index in [0.717, 1.165) is 19.3 Å². The number of terminal acetylenes is 1. The van der Waals surface area contributed by atoms with Crippen LogP contribution < -0.4 is 9.64 Å². The van der Waals surface area contributed by atoms with E-state index in [1.165, 1.54) is 6.07 Å². The van der Waals surface area contributed by atoms with Crippen molar-refractivity contribution in [2.45, 2.75) is 107 Å². The average molecular weight is 777 g/mol. The quantitative estimate of drug-likeness (QED) is 0.151. The lowest BCUT2D eigenvalue weighted by Gasteiger charge is -2.47. The first-order valence-corrected chi connectivity index (χ1v) is 19.1. The fourth-order valence-corrected chi connectivity index (χ4v) is 9.98. The molecule has 5 aliphatic rings. The van der Waals surface area contributed by atoms with Crippen LogP contribution in [0.25, 0.3) is 32.9 Å². The summed E-state index contributed by atoms with van der Waals surface area (Å²) < 4.78 is 88.8. The molecule has 0 N–H and O–H groups in total. The van der Waals surface area contributed by atoms with Gasteiger partial charge in [0.05, 0.1) is 46.4 Å². The van der Waals surface area contributed by atoms with Crippen LogP contribution in [0.5, 0.6) is 6.01 Å². The zero-order valence-corrected chi connectivity index (χ0v) is 31.3. The van der Waals surface area contributed by atoms with Crippen molar-refractivity contribution < 1.29 is 41.0 Å². The van der Waals surface area contributed by atoms with Crippen molar-refractivity contribution in [1.29, 1.82) is 0 Å². The largest absolute Gasteiger partial charge is 0.522 e. The Bertz CT molecular complexity index is 2310. The molecule has 2 aromatic heterocycles. The lowest BCUT2D eigenvalue weighted by molar-refractivity contribution is -0.340. The number of piperazine rings is 1. The summed E-state index contributed by atoms with van der Waals surface area (Å²) in [5.74, 6) is 1.45. The van der Waals surface area contributed by atoms with Gasteiger partial charge in [-0.25, -0.2) is 18.6 Å². The molecule has 5 aliphatic heterocycles. The molecule has 0 spiro atoms. The monoisotopic (exact) mass is 776 g/mol. The van der Waals surface area contributed by atoms with Crippen LogP contribution in [0.1, 0.15) is 70.6 Å². The van der Waals surface area contributed by atoms with Gasteiger partial charge in [0.25, 0.3) is 0 Å². The van der Waals surface area contributed by atoms with Gasteiger partial charge in [-0.3, -0.25) is 14.5 Å². The number of nitrogens with zero attached hydrogens (tertiary/aromatic N) is 6. The zero-order chi connectivity index (χ0) is 39.3. The van der Waals surface area contributed by atoms with Crippen molar-refractivity contribution >= 4 is 33.6 Å². The number of carbonyl (C=O) groups excluding carboxylic acids is 1. The third kappa shape index (κ3) is 6.16. The Kier molecular flexibility index (Phi) is 8.63. The zero-order valence-electron chi connectivity index (χ0n) is 31.3. The average Bonchev–Trinajstić information content (AvgIpc) is 3.74. The molecular weight excluding hydrogens is 735 g/mol. The molecule has 294 valence electrons. The van der Waals surface area contributed by atoms with E-state index in [0.29, 0.717) is 65.6 Å². The number of amides is 1. The molecule has 1 amide bonds. The van der Waals surface area contributed by atoms with E-state index in [-0.39, 0.29) is 66.6 Å². The van der Waals surface area contributed by atoms with Gasteiger partial charge in [0, 0.05) is 24.0 Å². The number of hydrogen-bond acceptors (Lipinski definition) is 9. The maximum Gasteiger partial charge on any atom is 0.522 e. The molecule has 4 saturated heterocycles. The first-order valence-electron chi connectivity index (χ1n) is 19.1. The summed E-state index contributed by atoms with van der Waals surface area (Å²) in [7, 11) is 0. The maximum atomic E-state index is 17.4. The second kappa shape index (κ2) is 13.1. The van der Waals surface area contributed by atoms with Gasteiger partial charge in [0.1, 0.15) is 35.1 Å². The minimum absolute atomic E-state index is 0.0159. The van der Waals surface area contributed by atoms with Crippen molar-refractivity contribution in [1.82, 2.24) is 24.8 Å². The summed E-state index contributed by atoms with van der Waals surface area (Å²) in [6.07, 6.45) is 3.49. The minimum Gasteiger partial charge on any atom is -0.461 e. The van der Waals surface area contributed by atoms with Crippen molar-refractivity contribution in [3.05, 3.63) is 53.2 Å². The number of carbonyl (C=O) groups is 1. The van der Waals surface area contributed by atoms with E-state index in [1.807, 2.05) is 30.6 Å². The van der Waals surface area contributed by atoms with Gasteiger partial charge in [0.2, 0.25) is 0 Å². The van der Waals surface area contributed by atoms with Gasteiger partial charge in [-0.2, -0.15) is 9.97 Å². The highest BCUT2D eigenvalue weighted by Crippen LogP contribution is 2.46. The number of anilines is 1. The molecule has 0 aliphatic carbocycles. The van der Waals surface area contributed by atoms with E-state index in [9.17, 15) is 18.0 Å². The standard InChI is InChI=1S/C41H41F5N6O4/c1-5-25-27(42)12-10-22-8-6-9-26(31(22)25)34-33(43)35-32-28(47-34)13-15-29-30-14-11-23(52(30)38(53)56-39(2,3)4)19-51(29)36(32)49-37(48-35)54-21-40-16-7-17-50(40)20-24(18-40)55-41(44,45)46/h1,6,8-10,12,23-24,29-30H,7,11,13-21H2,2-4H3/t23-,24+,29-,30+,40?/m1/s1. The van der Waals surface area contributed by atoms with Crippen LogP contribution in [0.3, 0.4) is 0 Å². The summed E-state index contributed by atoms with van der Waals surface area (Å²) in [5.41, 5.74) is -0.720. The van der Waals surface area contributed by atoms with Gasteiger partial charge >= 0.3 is 18.5 Å². The molecule has 10 nitrogen and oxygen atoms in total. The van der Waals surface area contributed by atoms with Gasteiger partial charge < -0.3 is 14.4 Å². The molecule has 4 aromatic rings. The molecule has 7 heterocycles. The van der Waals surface area contributed by atoms with Gasteiger partial charge in [-0.1, -0.05) is 30.2 Å². The molecule has 5 atom stereocenters. The van der Waals surface area contributed by atoms with Crippen LogP contribution in [0.4, 0.5) is 32.6 Å². The number of aryl methyl sites for hydroxylation is 1. The molecule has 0 saturated carbocycles. The topological polar surface area (TPSA) is 93.2 Å². The third-order valence-electron chi connectivity index (χ3n) is 12.1. The first kappa shape index (κ1) is 36.8. The smallest absolute Gasteiger partial charge is 0.461 e. The van der Waals surface area contributed by atoms with Crippen LogP contribution >= 0.6 is 0 Å². The Balaban J connectivity index is 1.17. The SMILES string of the molecule is C#Cc1c(F)ccc2cccc(-c3nc4c5c(nc(OCC67CCCN6C[C@@H](OC(F)(F)F)C7)nc5c3F)N3C[C@H]5CC[C@@H]([C@H]3CC4)N5C(=O)OC(C)(C)C)c12. The van der Waals surface area contributed by atoms with Crippen molar-refractivity contribution in [2.75, 3.05) is 31.1 Å². The first-order chi connectivity index (χ1) is 26.6. The molecule has 1 unspecified atom stereocenters. The van der Waals surface area contributed by atoms with Gasteiger partial charge in [-0.15, -0.1) is 19.6 Å². The molecule has 2 bridgehead atoms. The van der Waals surface area contributed by atoms with Crippen LogP contribution in [-0.4, -0.2) is 98.8 Å². The van der Waals surface area contributed by atoms with E-state index in [1.54, 1.807) is 24.3 Å². The van der Waals surface area contributed by atoms with Crippen molar-refractivity contribution in [2.24, 2.45) is 0 Å². The Morgan fingerprint density at radius 2 is 1.84 bits per heavy atom. The summed E-state index contributed by atoms with van der Waals surface area (Å²) in [6, 6.07) is 7.23. The lowest BCUT2D eigenvalue weighted by Crippen LogP contribution is -2.62. The van der Waals surface area contributed by atoms with Gasteiger partial charge in [-0.05, 0) is 83.7 Å². The number of rotatable bonds is 5. The fourth-order valence-electron chi connectivity index (χ4n) is 9.98. The number of ether oxygens (including phenoxy) is 3. The van der Waals surface area contributed by atoms with Crippen LogP contribution in [-0.2, 0) is 15.9 Å². The molecule has 56 heavy (non-hydrogen) atoms. The number of benzene rings is 2. The van der Waals surface area contributed by atoms with E-state index >= 15 is 8.78 Å². The van der Waals surface area contributed by atoms with E-state index in [2.05, 4.69) is 20.5 Å². The maximum absolute atomic E-state index is 17.4. The minimum atomic E-state index is -4.77. The number of halogens is 5. The van der Waals surface area contributed by atoms with E-state index in [4.69, 9.17) is 25.9 Å². The van der Waals surface area contributed by atoms with Crippen molar-refractivity contribution in [3.63, 3.8) is 0 Å². The van der Waals surface area contributed by atoms with Crippen LogP contribution in [0.2, 0.25) is 0 Å². The Labute approximate surface area is 320 Å². The highest BCUT2D eigenvalue weighted by atomic mass is 19.4. The molecule has 2 aromatic carbocycles. The molecule has 0 radical (unpaired) electrons. The van der Waals surface area contributed by atoms with Gasteiger partial charge in [0.15, 0.2) is 5.82 Å².